The minimum Gasteiger partial charge on any atom is -0.489 e. The predicted octanol–water partition coefficient (Wildman–Crippen LogP) is 5.49. The van der Waals surface area contributed by atoms with E-state index < -0.39 is 0 Å². The summed E-state index contributed by atoms with van der Waals surface area (Å²) in [5, 5.41) is 0. The molecule has 0 N–H and O–H groups in total. The van der Waals surface area contributed by atoms with Crippen molar-refractivity contribution < 1.29 is 4.74 Å². The molecule has 114 valence electrons. The van der Waals surface area contributed by atoms with Crippen LogP contribution in [0.2, 0.25) is 0 Å². The van der Waals surface area contributed by atoms with Gasteiger partial charge in [-0.1, -0.05) is 49.2 Å². The Morgan fingerprint density at radius 3 is 2.68 bits per heavy atom. The first kappa shape index (κ1) is 13.9. The van der Waals surface area contributed by atoms with Gasteiger partial charge in [0.15, 0.2) is 0 Å². The Labute approximate surface area is 133 Å². The first-order valence-electron chi connectivity index (χ1n) is 8.70. The van der Waals surface area contributed by atoms with Gasteiger partial charge in [-0.25, -0.2) is 0 Å². The summed E-state index contributed by atoms with van der Waals surface area (Å²) in [6.45, 7) is 0.660. The van der Waals surface area contributed by atoms with Gasteiger partial charge in [-0.3, -0.25) is 0 Å². The highest BCUT2D eigenvalue weighted by atomic mass is 16.5. The number of ether oxygens (including phenoxy) is 1. The first-order chi connectivity index (χ1) is 10.9. The number of rotatable bonds is 3. The van der Waals surface area contributed by atoms with Crippen LogP contribution in [0.15, 0.2) is 48.5 Å². The third-order valence-electron chi connectivity index (χ3n) is 5.46. The zero-order valence-corrected chi connectivity index (χ0v) is 13.1. The van der Waals surface area contributed by atoms with E-state index >= 15 is 0 Å². The fourth-order valence-electron chi connectivity index (χ4n) is 4.28. The SMILES string of the molecule is c1ccc(COc2ccc3c(c2)C2CCCCC2CC3)cc1. The largest absolute Gasteiger partial charge is 0.489 e. The maximum Gasteiger partial charge on any atom is 0.120 e. The van der Waals surface area contributed by atoms with Gasteiger partial charge in [-0.15, -0.1) is 0 Å². The fourth-order valence-corrected chi connectivity index (χ4v) is 4.28. The lowest BCUT2D eigenvalue weighted by Gasteiger charge is -2.37. The van der Waals surface area contributed by atoms with Gasteiger partial charge >= 0.3 is 0 Å². The minimum absolute atomic E-state index is 0.660. The standard InChI is InChI=1S/C21H24O/c1-2-6-16(7-3-1)15-22-19-13-12-18-11-10-17-8-4-5-9-20(17)21(18)14-19/h1-3,6-7,12-14,17,20H,4-5,8-11,15H2. The highest BCUT2D eigenvalue weighted by molar-refractivity contribution is 5.40. The van der Waals surface area contributed by atoms with Crippen molar-refractivity contribution in [2.45, 2.75) is 51.0 Å². The number of hydrogen-bond acceptors (Lipinski definition) is 1. The van der Waals surface area contributed by atoms with Crippen molar-refractivity contribution in [3.63, 3.8) is 0 Å². The van der Waals surface area contributed by atoms with Crippen LogP contribution < -0.4 is 4.74 Å². The van der Waals surface area contributed by atoms with Gasteiger partial charge in [0.2, 0.25) is 0 Å². The second kappa shape index (κ2) is 6.16. The smallest absolute Gasteiger partial charge is 0.120 e. The fraction of sp³-hybridized carbons (Fsp3) is 0.429. The molecule has 1 heteroatoms. The summed E-state index contributed by atoms with van der Waals surface area (Å²) in [7, 11) is 0. The molecule has 0 heterocycles. The summed E-state index contributed by atoms with van der Waals surface area (Å²) in [5.41, 5.74) is 4.38. The van der Waals surface area contributed by atoms with E-state index in [2.05, 4.69) is 42.5 Å². The quantitative estimate of drug-likeness (QED) is 0.727. The van der Waals surface area contributed by atoms with E-state index in [1.54, 1.807) is 11.1 Å². The molecule has 0 aliphatic heterocycles. The molecular formula is C21H24O. The van der Waals surface area contributed by atoms with Crippen molar-refractivity contribution in [2.75, 3.05) is 0 Å². The average molecular weight is 292 g/mol. The first-order valence-corrected chi connectivity index (χ1v) is 8.70. The Morgan fingerprint density at radius 1 is 0.909 bits per heavy atom. The molecule has 2 aromatic rings. The third-order valence-corrected chi connectivity index (χ3v) is 5.46. The molecule has 0 saturated heterocycles. The van der Waals surface area contributed by atoms with Crippen molar-refractivity contribution >= 4 is 0 Å². The van der Waals surface area contributed by atoms with Crippen molar-refractivity contribution in [1.82, 2.24) is 0 Å². The molecule has 0 radical (unpaired) electrons. The number of fused-ring (bicyclic) bond motifs is 3. The lowest BCUT2D eigenvalue weighted by molar-refractivity contribution is 0.272. The summed E-state index contributed by atoms with van der Waals surface area (Å²) in [4.78, 5) is 0. The van der Waals surface area contributed by atoms with Gasteiger partial charge in [0.1, 0.15) is 12.4 Å². The Bertz CT molecular complexity index is 632. The molecule has 2 aliphatic rings. The molecule has 22 heavy (non-hydrogen) atoms. The molecular weight excluding hydrogens is 268 g/mol. The van der Waals surface area contributed by atoms with E-state index in [1.807, 2.05) is 6.07 Å². The topological polar surface area (TPSA) is 9.23 Å². The number of benzene rings is 2. The van der Waals surface area contributed by atoms with Crippen LogP contribution in [-0.2, 0) is 13.0 Å². The monoisotopic (exact) mass is 292 g/mol. The van der Waals surface area contributed by atoms with Gasteiger partial charge in [0.05, 0.1) is 0 Å². The molecule has 2 atom stereocenters. The van der Waals surface area contributed by atoms with E-state index in [0.717, 1.165) is 17.6 Å². The number of aryl methyl sites for hydroxylation is 1. The van der Waals surface area contributed by atoms with E-state index in [1.165, 1.54) is 44.1 Å². The molecule has 0 bridgehead atoms. The van der Waals surface area contributed by atoms with Crippen LogP contribution in [0.1, 0.15) is 54.7 Å². The summed E-state index contributed by atoms with van der Waals surface area (Å²) in [6.07, 6.45) is 8.28. The van der Waals surface area contributed by atoms with Gasteiger partial charge in [0.25, 0.3) is 0 Å². The lowest BCUT2D eigenvalue weighted by Crippen LogP contribution is -2.23. The Morgan fingerprint density at radius 2 is 1.77 bits per heavy atom. The lowest BCUT2D eigenvalue weighted by atomic mass is 9.68. The van der Waals surface area contributed by atoms with Crippen LogP contribution in [0.5, 0.6) is 5.75 Å². The van der Waals surface area contributed by atoms with Gasteiger partial charge < -0.3 is 4.74 Å². The van der Waals surface area contributed by atoms with E-state index in [9.17, 15) is 0 Å². The van der Waals surface area contributed by atoms with Crippen molar-refractivity contribution in [2.24, 2.45) is 5.92 Å². The van der Waals surface area contributed by atoms with Crippen LogP contribution in [0.25, 0.3) is 0 Å². The van der Waals surface area contributed by atoms with Crippen molar-refractivity contribution in [3.05, 3.63) is 65.2 Å². The molecule has 2 unspecified atom stereocenters. The molecule has 1 fully saturated rings. The van der Waals surface area contributed by atoms with Gasteiger partial charge in [0, 0.05) is 0 Å². The molecule has 1 saturated carbocycles. The maximum absolute atomic E-state index is 6.04. The van der Waals surface area contributed by atoms with E-state index in [-0.39, 0.29) is 0 Å². The highest BCUT2D eigenvalue weighted by Gasteiger charge is 2.31. The summed E-state index contributed by atoms with van der Waals surface area (Å²) in [6, 6.07) is 17.2. The third kappa shape index (κ3) is 2.77. The summed E-state index contributed by atoms with van der Waals surface area (Å²) < 4.78 is 6.04. The second-order valence-corrected chi connectivity index (χ2v) is 6.82. The predicted molar refractivity (Wildman–Crippen MR) is 90.2 cm³/mol. The minimum atomic E-state index is 0.660. The van der Waals surface area contributed by atoms with Crippen LogP contribution in [0, 0.1) is 5.92 Å². The van der Waals surface area contributed by atoms with Gasteiger partial charge in [-0.05, 0) is 66.3 Å². The number of hydrogen-bond donors (Lipinski definition) is 0. The Kier molecular flexibility index (Phi) is 3.88. The maximum atomic E-state index is 6.04. The van der Waals surface area contributed by atoms with E-state index in [0.29, 0.717) is 6.61 Å². The molecule has 0 amide bonds. The zero-order chi connectivity index (χ0) is 14.8. The molecule has 4 rings (SSSR count). The van der Waals surface area contributed by atoms with Crippen molar-refractivity contribution in [3.8, 4) is 5.75 Å². The van der Waals surface area contributed by atoms with Crippen LogP contribution in [-0.4, -0.2) is 0 Å². The molecule has 2 aliphatic carbocycles. The molecule has 1 nitrogen and oxygen atoms in total. The average Bonchev–Trinajstić information content (AvgIpc) is 2.60. The van der Waals surface area contributed by atoms with E-state index in [4.69, 9.17) is 4.74 Å². The van der Waals surface area contributed by atoms with Crippen LogP contribution in [0.4, 0.5) is 0 Å². The Hall–Kier alpha value is -1.76. The summed E-state index contributed by atoms with van der Waals surface area (Å²) in [5.74, 6) is 2.75. The van der Waals surface area contributed by atoms with Crippen LogP contribution in [0.3, 0.4) is 0 Å². The second-order valence-electron chi connectivity index (χ2n) is 6.82. The van der Waals surface area contributed by atoms with Gasteiger partial charge in [-0.2, -0.15) is 0 Å². The molecule has 0 aromatic heterocycles. The normalized spacial score (nSPS) is 23.5. The van der Waals surface area contributed by atoms with Crippen LogP contribution >= 0.6 is 0 Å². The van der Waals surface area contributed by atoms with Crippen molar-refractivity contribution in [1.29, 1.82) is 0 Å². The molecule has 2 aromatic carbocycles. The summed E-state index contributed by atoms with van der Waals surface area (Å²) >= 11 is 0. The highest BCUT2D eigenvalue weighted by Crippen LogP contribution is 2.45. The Balaban J connectivity index is 1.53. The zero-order valence-electron chi connectivity index (χ0n) is 13.1. The molecule has 0 spiro atoms.